The molecule has 0 fully saturated rings. The van der Waals surface area contributed by atoms with Crippen LogP contribution in [0.1, 0.15) is 6.92 Å². The SMILES string of the molecule is C[C@@H](Oc1ccccc1Cl)C(=O)NCCOc1ccccc1. The number of hydrogen-bond acceptors (Lipinski definition) is 3. The van der Waals surface area contributed by atoms with E-state index in [4.69, 9.17) is 21.1 Å². The molecule has 0 heterocycles. The maximum Gasteiger partial charge on any atom is 0.260 e. The van der Waals surface area contributed by atoms with Crippen LogP contribution in [-0.4, -0.2) is 25.2 Å². The van der Waals surface area contributed by atoms with E-state index in [1.807, 2.05) is 30.3 Å². The van der Waals surface area contributed by atoms with E-state index in [-0.39, 0.29) is 5.91 Å². The second-order valence-electron chi connectivity index (χ2n) is 4.64. The summed E-state index contributed by atoms with van der Waals surface area (Å²) >= 11 is 5.99. The zero-order valence-corrected chi connectivity index (χ0v) is 13.0. The molecule has 2 rings (SSSR count). The van der Waals surface area contributed by atoms with Crippen LogP contribution in [0.2, 0.25) is 5.02 Å². The van der Waals surface area contributed by atoms with E-state index in [1.54, 1.807) is 31.2 Å². The van der Waals surface area contributed by atoms with E-state index in [1.165, 1.54) is 0 Å². The highest BCUT2D eigenvalue weighted by molar-refractivity contribution is 6.32. The Balaban J connectivity index is 1.71. The maximum absolute atomic E-state index is 11.9. The monoisotopic (exact) mass is 319 g/mol. The van der Waals surface area contributed by atoms with Crippen molar-refractivity contribution >= 4 is 17.5 Å². The molecule has 4 nitrogen and oxygen atoms in total. The molecule has 0 spiro atoms. The molecule has 0 saturated heterocycles. The minimum Gasteiger partial charge on any atom is -0.492 e. The van der Waals surface area contributed by atoms with Crippen LogP contribution in [-0.2, 0) is 4.79 Å². The van der Waals surface area contributed by atoms with Gasteiger partial charge >= 0.3 is 0 Å². The van der Waals surface area contributed by atoms with Crippen molar-refractivity contribution in [2.24, 2.45) is 0 Å². The molecule has 1 amide bonds. The average molecular weight is 320 g/mol. The van der Waals surface area contributed by atoms with Gasteiger partial charge in [0, 0.05) is 0 Å². The smallest absolute Gasteiger partial charge is 0.260 e. The summed E-state index contributed by atoms with van der Waals surface area (Å²) in [7, 11) is 0. The van der Waals surface area contributed by atoms with E-state index in [9.17, 15) is 4.79 Å². The van der Waals surface area contributed by atoms with Crippen molar-refractivity contribution in [1.29, 1.82) is 0 Å². The molecule has 0 aromatic heterocycles. The molecule has 1 N–H and O–H groups in total. The first-order valence-electron chi connectivity index (χ1n) is 7.03. The second kappa shape index (κ2) is 8.29. The number of rotatable bonds is 7. The highest BCUT2D eigenvalue weighted by Gasteiger charge is 2.15. The zero-order chi connectivity index (χ0) is 15.8. The number of amides is 1. The fourth-order valence-corrected chi connectivity index (χ4v) is 1.97. The topological polar surface area (TPSA) is 47.6 Å². The highest BCUT2D eigenvalue weighted by Crippen LogP contribution is 2.24. The average Bonchev–Trinajstić information content (AvgIpc) is 2.54. The summed E-state index contributed by atoms with van der Waals surface area (Å²) in [5.41, 5.74) is 0. The van der Waals surface area contributed by atoms with E-state index < -0.39 is 6.10 Å². The van der Waals surface area contributed by atoms with E-state index in [0.717, 1.165) is 5.75 Å². The number of para-hydroxylation sites is 2. The Bertz CT molecular complexity index is 604. The second-order valence-corrected chi connectivity index (χ2v) is 5.05. The summed E-state index contributed by atoms with van der Waals surface area (Å²) in [4.78, 5) is 11.9. The summed E-state index contributed by atoms with van der Waals surface area (Å²) in [5, 5.41) is 3.24. The largest absolute Gasteiger partial charge is 0.492 e. The van der Waals surface area contributed by atoms with Crippen LogP contribution in [0.15, 0.2) is 54.6 Å². The Morgan fingerprint density at radius 2 is 1.82 bits per heavy atom. The molecule has 5 heteroatoms. The van der Waals surface area contributed by atoms with Crippen molar-refractivity contribution in [2.75, 3.05) is 13.2 Å². The van der Waals surface area contributed by atoms with Crippen LogP contribution in [0.5, 0.6) is 11.5 Å². The van der Waals surface area contributed by atoms with Gasteiger partial charge in [-0.25, -0.2) is 0 Å². The molecule has 0 unspecified atom stereocenters. The predicted octanol–water partition coefficient (Wildman–Crippen LogP) is 3.30. The normalized spacial score (nSPS) is 11.5. The summed E-state index contributed by atoms with van der Waals surface area (Å²) in [5.74, 6) is 1.06. The van der Waals surface area contributed by atoms with Crippen molar-refractivity contribution in [3.8, 4) is 11.5 Å². The molecule has 0 bridgehead atoms. The van der Waals surface area contributed by atoms with Gasteiger partial charge in [-0.2, -0.15) is 0 Å². The van der Waals surface area contributed by atoms with Gasteiger partial charge in [-0.05, 0) is 31.2 Å². The van der Waals surface area contributed by atoms with Gasteiger partial charge in [0.05, 0.1) is 11.6 Å². The summed E-state index contributed by atoms with van der Waals surface area (Å²) < 4.78 is 11.0. The molecule has 0 aliphatic rings. The lowest BCUT2D eigenvalue weighted by Crippen LogP contribution is -2.38. The summed E-state index contributed by atoms with van der Waals surface area (Å²) in [6.07, 6.45) is -0.628. The van der Waals surface area contributed by atoms with Gasteiger partial charge < -0.3 is 14.8 Å². The molecule has 0 aliphatic heterocycles. The van der Waals surface area contributed by atoms with Crippen LogP contribution in [0.25, 0.3) is 0 Å². The van der Waals surface area contributed by atoms with Gasteiger partial charge in [0.25, 0.3) is 5.91 Å². The fraction of sp³-hybridized carbons (Fsp3) is 0.235. The molecule has 1 atom stereocenters. The van der Waals surface area contributed by atoms with Crippen molar-refractivity contribution < 1.29 is 14.3 Å². The Kier molecular flexibility index (Phi) is 6.10. The van der Waals surface area contributed by atoms with Crippen LogP contribution in [0.3, 0.4) is 0 Å². The summed E-state index contributed by atoms with van der Waals surface area (Å²) in [6.45, 7) is 2.48. The first-order valence-corrected chi connectivity index (χ1v) is 7.41. The lowest BCUT2D eigenvalue weighted by atomic mass is 10.3. The maximum atomic E-state index is 11.9. The van der Waals surface area contributed by atoms with Gasteiger partial charge in [-0.1, -0.05) is 41.9 Å². The molecular formula is C17H18ClNO3. The van der Waals surface area contributed by atoms with Gasteiger partial charge in [-0.3, -0.25) is 4.79 Å². The van der Waals surface area contributed by atoms with Gasteiger partial charge in [0.1, 0.15) is 18.1 Å². The van der Waals surface area contributed by atoms with Crippen LogP contribution in [0.4, 0.5) is 0 Å². The molecule has 22 heavy (non-hydrogen) atoms. The number of nitrogens with one attached hydrogen (secondary N) is 1. The van der Waals surface area contributed by atoms with Crippen molar-refractivity contribution in [3.05, 3.63) is 59.6 Å². The number of benzene rings is 2. The Hall–Kier alpha value is -2.20. The Labute approximate surface area is 135 Å². The van der Waals surface area contributed by atoms with Crippen LogP contribution in [0, 0.1) is 0 Å². The number of carbonyl (C=O) groups is 1. The third kappa shape index (κ3) is 4.97. The van der Waals surface area contributed by atoms with Gasteiger partial charge in [0.2, 0.25) is 0 Å². The van der Waals surface area contributed by atoms with Gasteiger partial charge in [0.15, 0.2) is 6.10 Å². The van der Waals surface area contributed by atoms with Crippen molar-refractivity contribution in [2.45, 2.75) is 13.0 Å². The molecule has 2 aromatic rings. The van der Waals surface area contributed by atoms with E-state index in [0.29, 0.717) is 23.9 Å². The minimum absolute atomic E-state index is 0.211. The Morgan fingerprint density at radius 1 is 1.14 bits per heavy atom. The van der Waals surface area contributed by atoms with Crippen molar-refractivity contribution in [1.82, 2.24) is 5.32 Å². The lowest BCUT2D eigenvalue weighted by Gasteiger charge is -2.15. The molecule has 0 radical (unpaired) electrons. The molecule has 2 aromatic carbocycles. The van der Waals surface area contributed by atoms with E-state index >= 15 is 0 Å². The number of carbonyl (C=O) groups excluding carboxylic acids is 1. The number of hydrogen-bond donors (Lipinski definition) is 1. The quantitative estimate of drug-likeness (QED) is 0.797. The molecule has 0 aliphatic carbocycles. The lowest BCUT2D eigenvalue weighted by molar-refractivity contribution is -0.127. The fourth-order valence-electron chi connectivity index (χ4n) is 1.79. The summed E-state index contributed by atoms with van der Waals surface area (Å²) in [6, 6.07) is 16.5. The molecule has 116 valence electrons. The molecule has 0 saturated carbocycles. The van der Waals surface area contributed by atoms with Crippen LogP contribution >= 0.6 is 11.6 Å². The first-order chi connectivity index (χ1) is 10.7. The minimum atomic E-state index is -0.628. The number of halogens is 1. The predicted molar refractivity (Wildman–Crippen MR) is 86.5 cm³/mol. The van der Waals surface area contributed by atoms with E-state index in [2.05, 4.69) is 5.32 Å². The zero-order valence-electron chi connectivity index (χ0n) is 12.3. The highest BCUT2D eigenvalue weighted by atomic mass is 35.5. The third-order valence-electron chi connectivity index (χ3n) is 2.92. The van der Waals surface area contributed by atoms with Crippen molar-refractivity contribution in [3.63, 3.8) is 0 Å². The third-order valence-corrected chi connectivity index (χ3v) is 3.24. The first kappa shape index (κ1) is 16.2. The van der Waals surface area contributed by atoms with Crippen LogP contribution < -0.4 is 14.8 Å². The van der Waals surface area contributed by atoms with Gasteiger partial charge in [-0.15, -0.1) is 0 Å². The standard InChI is InChI=1S/C17H18ClNO3/c1-13(22-16-10-6-5-9-15(16)18)17(20)19-11-12-21-14-7-3-2-4-8-14/h2-10,13H,11-12H2,1H3,(H,19,20)/t13-/m1/s1. The number of ether oxygens (including phenoxy) is 2. The Morgan fingerprint density at radius 3 is 2.55 bits per heavy atom. The molecular weight excluding hydrogens is 302 g/mol.